The Kier molecular flexibility index (Phi) is 2.88. The molecule has 0 radical (unpaired) electrons. The third kappa shape index (κ3) is 2.31. The van der Waals surface area contributed by atoms with Gasteiger partial charge in [-0.1, -0.05) is 20.8 Å². The molecule has 0 aromatic heterocycles. The molecule has 0 saturated heterocycles. The molecule has 1 N–H and O–H groups in total. The normalized spacial score (nSPS) is 23.1. The number of hydrogen-bond acceptors (Lipinski definition) is 1. The molecule has 0 aromatic rings. The van der Waals surface area contributed by atoms with Crippen LogP contribution in [0, 0.1) is 23.2 Å². The molecule has 0 aliphatic heterocycles. The van der Waals surface area contributed by atoms with E-state index in [4.69, 9.17) is 0 Å². The Bertz CT molecular complexity index is 177. The predicted octanol–water partition coefficient (Wildman–Crippen LogP) is 3.06. The van der Waals surface area contributed by atoms with E-state index in [9.17, 15) is 0 Å². The quantitative estimate of drug-likeness (QED) is 0.687. The van der Waals surface area contributed by atoms with Gasteiger partial charge in [-0.2, -0.15) is 0 Å². The van der Waals surface area contributed by atoms with Crippen molar-refractivity contribution >= 4 is 0 Å². The van der Waals surface area contributed by atoms with E-state index in [1.165, 1.54) is 38.8 Å². The third-order valence-corrected chi connectivity index (χ3v) is 4.08. The summed E-state index contributed by atoms with van der Waals surface area (Å²) in [6, 6.07) is 0. The fourth-order valence-corrected chi connectivity index (χ4v) is 2.74. The summed E-state index contributed by atoms with van der Waals surface area (Å²) in [6.07, 6.45) is 5.99. The lowest BCUT2D eigenvalue weighted by molar-refractivity contribution is 0.213. The van der Waals surface area contributed by atoms with Crippen LogP contribution in [-0.4, -0.2) is 13.1 Å². The van der Waals surface area contributed by atoms with Crippen LogP contribution in [0.2, 0.25) is 0 Å². The summed E-state index contributed by atoms with van der Waals surface area (Å²) >= 11 is 0. The lowest BCUT2D eigenvalue weighted by atomic mass is 9.79. The Balaban J connectivity index is 1.79. The molecule has 0 unspecified atom stereocenters. The average Bonchev–Trinajstić information content (AvgIpc) is 2.96. The molecule has 2 aliphatic rings. The van der Waals surface area contributed by atoms with Gasteiger partial charge in [-0.25, -0.2) is 0 Å². The Morgan fingerprint density at radius 1 is 1.14 bits per heavy atom. The second kappa shape index (κ2) is 3.84. The third-order valence-electron chi connectivity index (χ3n) is 4.08. The Labute approximate surface area is 88.7 Å². The van der Waals surface area contributed by atoms with Gasteiger partial charge in [-0.05, 0) is 55.4 Å². The van der Waals surface area contributed by atoms with Crippen LogP contribution >= 0.6 is 0 Å². The van der Waals surface area contributed by atoms with Crippen molar-refractivity contribution in [3.63, 3.8) is 0 Å². The van der Waals surface area contributed by atoms with Gasteiger partial charge in [0.25, 0.3) is 0 Å². The van der Waals surface area contributed by atoms with Gasteiger partial charge in [0.1, 0.15) is 0 Å². The Hall–Kier alpha value is -0.0400. The summed E-state index contributed by atoms with van der Waals surface area (Å²) in [5.74, 6) is 2.89. The van der Waals surface area contributed by atoms with Crippen molar-refractivity contribution in [3.05, 3.63) is 0 Å². The van der Waals surface area contributed by atoms with Crippen LogP contribution in [0.1, 0.15) is 46.5 Å². The van der Waals surface area contributed by atoms with Gasteiger partial charge in [0, 0.05) is 6.54 Å². The summed E-state index contributed by atoms with van der Waals surface area (Å²) < 4.78 is 0. The molecule has 1 heteroatoms. The largest absolute Gasteiger partial charge is 0.316 e. The highest BCUT2D eigenvalue weighted by Gasteiger charge is 2.50. The minimum absolute atomic E-state index is 0.648. The first-order chi connectivity index (χ1) is 6.63. The van der Waals surface area contributed by atoms with Crippen LogP contribution in [0.15, 0.2) is 0 Å². The van der Waals surface area contributed by atoms with Gasteiger partial charge in [-0.15, -0.1) is 0 Å². The molecule has 14 heavy (non-hydrogen) atoms. The van der Waals surface area contributed by atoms with Crippen molar-refractivity contribution in [2.75, 3.05) is 13.1 Å². The smallest absolute Gasteiger partial charge is 0.00106 e. The fourth-order valence-electron chi connectivity index (χ4n) is 2.74. The Morgan fingerprint density at radius 2 is 1.64 bits per heavy atom. The van der Waals surface area contributed by atoms with E-state index in [0.29, 0.717) is 5.41 Å². The second-order valence-corrected chi connectivity index (χ2v) is 6.08. The predicted molar refractivity (Wildman–Crippen MR) is 61.3 cm³/mol. The summed E-state index contributed by atoms with van der Waals surface area (Å²) in [5.41, 5.74) is 0.648. The van der Waals surface area contributed by atoms with Gasteiger partial charge < -0.3 is 5.32 Å². The molecule has 0 heterocycles. The average molecular weight is 195 g/mol. The van der Waals surface area contributed by atoms with Crippen LogP contribution in [-0.2, 0) is 0 Å². The molecule has 1 nitrogen and oxygen atoms in total. The van der Waals surface area contributed by atoms with Crippen molar-refractivity contribution in [1.82, 2.24) is 5.32 Å². The molecule has 0 amide bonds. The first kappa shape index (κ1) is 10.5. The van der Waals surface area contributed by atoms with Crippen LogP contribution < -0.4 is 5.32 Å². The van der Waals surface area contributed by atoms with Gasteiger partial charge in [0.15, 0.2) is 0 Å². The molecular weight excluding hydrogens is 170 g/mol. The van der Waals surface area contributed by atoms with Crippen molar-refractivity contribution in [2.24, 2.45) is 23.2 Å². The first-order valence-corrected chi connectivity index (χ1v) is 6.33. The van der Waals surface area contributed by atoms with Gasteiger partial charge in [0.05, 0.1) is 0 Å². The highest BCUT2D eigenvalue weighted by atomic mass is 14.9. The molecule has 2 saturated carbocycles. The summed E-state index contributed by atoms with van der Waals surface area (Å²) in [7, 11) is 0. The summed E-state index contributed by atoms with van der Waals surface area (Å²) in [6.45, 7) is 9.56. The molecule has 2 fully saturated rings. The lowest BCUT2D eigenvalue weighted by Gasteiger charge is -2.30. The van der Waals surface area contributed by atoms with Crippen LogP contribution in [0.25, 0.3) is 0 Å². The lowest BCUT2D eigenvalue weighted by Crippen LogP contribution is -2.37. The first-order valence-electron chi connectivity index (χ1n) is 6.33. The van der Waals surface area contributed by atoms with Gasteiger partial charge in [-0.3, -0.25) is 0 Å². The monoisotopic (exact) mass is 195 g/mol. The molecule has 82 valence electrons. The topological polar surface area (TPSA) is 12.0 Å². The van der Waals surface area contributed by atoms with Crippen LogP contribution in [0.4, 0.5) is 0 Å². The van der Waals surface area contributed by atoms with Crippen LogP contribution in [0.3, 0.4) is 0 Å². The molecule has 0 atom stereocenters. The second-order valence-electron chi connectivity index (χ2n) is 6.08. The summed E-state index contributed by atoms with van der Waals surface area (Å²) in [4.78, 5) is 0. The highest BCUT2D eigenvalue weighted by molar-refractivity contribution is 5.01. The van der Waals surface area contributed by atoms with E-state index in [2.05, 4.69) is 26.1 Å². The number of hydrogen-bond donors (Lipinski definition) is 1. The van der Waals surface area contributed by atoms with Crippen molar-refractivity contribution in [1.29, 1.82) is 0 Å². The minimum Gasteiger partial charge on any atom is -0.316 e. The summed E-state index contributed by atoms with van der Waals surface area (Å²) in [5, 5.41) is 3.67. The van der Waals surface area contributed by atoms with Crippen molar-refractivity contribution in [2.45, 2.75) is 46.5 Å². The number of rotatable bonds is 6. The molecule has 0 spiro atoms. The maximum atomic E-state index is 3.67. The molecule has 0 bridgehead atoms. The van der Waals surface area contributed by atoms with E-state index in [-0.39, 0.29) is 0 Å². The molecular formula is C13H25N. The zero-order chi connectivity index (χ0) is 10.2. The fraction of sp³-hybridized carbons (Fsp3) is 1.00. The minimum atomic E-state index is 0.648. The van der Waals surface area contributed by atoms with E-state index in [1.807, 2.05) is 0 Å². The highest BCUT2D eigenvalue weighted by Crippen LogP contribution is 2.57. The molecule has 0 aromatic carbocycles. The maximum Gasteiger partial charge on any atom is 0.00106 e. The van der Waals surface area contributed by atoms with Gasteiger partial charge in [0.2, 0.25) is 0 Å². The zero-order valence-electron chi connectivity index (χ0n) is 9.97. The standard InChI is InChI=1S/C13H25N/c1-10(2)8-14-9-13(3,11-4-5-11)12-6-7-12/h10-12,14H,4-9H2,1-3H3. The van der Waals surface area contributed by atoms with Crippen molar-refractivity contribution < 1.29 is 0 Å². The van der Waals surface area contributed by atoms with E-state index < -0.39 is 0 Å². The van der Waals surface area contributed by atoms with E-state index in [1.54, 1.807) is 0 Å². The van der Waals surface area contributed by atoms with E-state index in [0.717, 1.165) is 17.8 Å². The zero-order valence-corrected chi connectivity index (χ0v) is 9.97. The van der Waals surface area contributed by atoms with Crippen molar-refractivity contribution in [3.8, 4) is 0 Å². The van der Waals surface area contributed by atoms with E-state index >= 15 is 0 Å². The van der Waals surface area contributed by atoms with Crippen LogP contribution in [0.5, 0.6) is 0 Å². The maximum absolute atomic E-state index is 3.67. The van der Waals surface area contributed by atoms with Gasteiger partial charge >= 0.3 is 0 Å². The molecule has 2 aliphatic carbocycles. The molecule has 2 rings (SSSR count). The number of nitrogens with one attached hydrogen (secondary N) is 1. The SMILES string of the molecule is CC(C)CNCC(C)(C1CC1)C1CC1. The Morgan fingerprint density at radius 3 is 2.00 bits per heavy atom.